The molecule has 1 N–H and O–H groups in total. The van der Waals surface area contributed by atoms with E-state index in [0.717, 1.165) is 51.9 Å². The number of hydrogen-bond acceptors (Lipinski definition) is 4. The van der Waals surface area contributed by atoms with Crippen molar-refractivity contribution in [2.75, 3.05) is 39.3 Å². The Morgan fingerprint density at radius 1 is 1.17 bits per heavy atom. The molecule has 3 aliphatic heterocycles. The minimum Gasteiger partial charge on any atom is -0.343 e. The van der Waals surface area contributed by atoms with Gasteiger partial charge in [-0.1, -0.05) is 0 Å². The van der Waals surface area contributed by atoms with E-state index in [1.54, 1.807) is 6.92 Å². The maximum atomic E-state index is 12.4. The van der Waals surface area contributed by atoms with Crippen LogP contribution in [-0.2, 0) is 14.4 Å². The minimum atomic E-state index is -0.501. The highest BCUT2D eigenvalue weighted by Gasteiger charge is 2.36. The number of piperazine rings is 1. The summed E-state index contributed by atoms with van der Waals surface area (Å²) in [5.74, 6) is -0.0548. The molecule has 3 saturated heterocycles. The summed E-state index contributed by atoms with van der Waals surface area (Å²) >= 11 is 0. The SMILES string of the molecule is CC(NC(=O)CN1CC(=O)N2CCCC2C1)C(=O)N1CCCCC1. The predicted molar refractivity (Wildman–Crippen MR) is 89.2 cm³/mol. The zero-order valence-corrected chi connectivity index (χ0v) is 14.5. The van der Waals surface area contributed by atoms with Crippen molar-refractivity contribution in [3.63, 3.8) is 0 Å². The van der Waals surface area contributed by atoms with Gasteiger partial charge in [0, 0.05) is 32.2 Å². The number of nitrogens with one attached hydrogen (secondary N) is 1. The molecule has 24 heavy (non-hydrogen) atoms. The van der Waals surface area contributed by atoms with E-state index in [-0.39, 0.29) is 30.3 Å². The largest absolute Gasteiger partial charge is 0.343 e. The number of piperidine rings is 1. The fourth-order valence-electron chi connectivity index (χ4n) is 4.06. The molecule has 3 heterocycles. The molecule has 3 amide bonds. The summed E-state index contributed by atoms with van der Waals surface area (Å²) in [6.45, 7) is 5.42. The number of rotatable bonds is 4. The first-order valence-corrected chi connectivity index (χ1v) is 9.14. The smallest absolute Gasteiger partial charge is 0.244 e. The van der Waals surface area contributed by atoms with Crippen LogP contribution in [0.25, 0.3) is 0 Å². The average Bonchev–Trinajstić information content (AvgIpc) is 3.03. The number of carbonyl (C=O) groups is 3. The molecule has 0 aromatic rings. The second-order valence-electron chi connectivity index (χ2n) is 7.23. The lowest BCUT2D eigenvalue weighted by molar-refractivity contribution is -0.140. The van der Waals surface area contributed by atoms with Crippen LogP contribution in [0.15, 0.2) is 0 Å². The minimum absolute atomic E-state index is 0.000242. The van der Waals surface area contributed by atoms with Crippen LogP contribution in [0.3, 0.4) is 0 Å². The van der Waals surface area contributed by atoms with Crippen LogP contribution in [-0.4, -0.2) is 83.8 Å². The maximum Gasteiger partial charge on any atom is 0.244 e. The molecule has 3 aliphatic rings. The molecule has 7 heteroatoms. The van der Waals surface area contributed by atoms with Crippen LogP contribution in [0.4, 0.5) is 0 Å². The van der Waals surface area contributed by atoms with Gasteiger partial charge in [-0.2, -0.15) is 0 Å². The van der Waals surface area contributed by atoms with Crippen LogP contribution < -0.4 is 5.32 Å². The van der Waals surface area contributed by atoms with E-state index in [1.165, 1.54) is 6.42 Å². The molecule has 0 aliphatic carbocycles. The second kappa shape index (κ2) is 7.51. The summed E-state index contributed by atoms with van der Waals surface area (Å²) in [6, 6.07) is -0.245. The molecule has 0 aromatic carbocycles. The molecule has 0 aromatic heterocycles. The Bertz CT molecular complexity index is 504. The number of amides is 3. The van der Waals surface area contributed by atoms with E-state index in [9.17, 15) is 14.4 Å². The lowest BCUT2D eigenvalue weighted by Crippen LogP contribution is -2.56. The van der Waals surface area contributed by atoms with Crippen LogP contribution in [0, 0.1) is 0 Å². The fraction of sp³-hybridized carbons (Fsp3) is 0.824. The average molecular weight is 336 g/mol. The maximum absolute atomic E-state index is 12.4. The van der Waals surface area contributed by atoms with E-state index in [0.29, 0.717) is 6.54 Å². The van der Waals surface area contributed by atoms with Gasteiger partial charge >= 0.3 is 0 Å². The molecule has 0 radical (unpaired) electrons. The quantitative estimate of drug-likeness (QED) is 0.772. The first kappa shape index (κ1) is 17.2. The molecular formula is C17H28N4O3. The Balaban J connectivity index is 1.46. The van der Waals surface area contributed by atoms with Gasteiger partial charge in [-0.15, -0.1) is 0 Å². The van der Waals surface area contributed by atoms with Gasteiger partial charge in [0.1, 0.15) is 6.04 Å². The van der Waals surface area contributed by atoms with E-state index in [2.05, 4.69) is 5.32 Å². The number of likely N-dealkylation sites (tertiary alicyclic amines) is 1. The molecule has 2 unspecified atom stereocenters. The zero-order chi connectivity index (χ0) is 17.1. The van der Waals surface area contributed by atoms with Gasteiger partial charge in [0.25, 0.3) is 0 Å². The van der Waals surface area contributed by atoms with Gasteiger partial charge in [-0.05, 0) is 39.0 Å². The first-order chi connectivity index (χ1) is 11.5. The number of hydrogen-bond donors (Lipinski definition) is 1. The highest BCUT2D eigenvalue weighted by atomic mass is 16.2. The molecule has 134 valence electrons. The van der Waals surface area contributed by atoms with Crippen molar-refractivity contribution in [2.24, 2.45) is 0 Å². The number of fused-ring (bicyclic) bond motifs is 1. The lowest BCUT2D eigenvalue weighted by Gasteiger charge is -2.36. The monoisotopic (exact) mass is 336 g/mol. The number of carbonyl (C=O) groups excluding carboxylic acids is 3. The Morgan fingerprint density at radius 3 is 2.67 bits per heavy atom. The summed E-state index contributed by atoms with van der Waals surface area (Å²) in [5.41, 5.74) is 0. The molecule has 0 bridgehead atoms. The lowest BCUT2D eigenvalue weighted by atomic mass is 10.1. The van der Waals surface area contributed by atoms with Crippen LogP contribution in [0.5, 0.6) is 0 Å². The predicted octanol–water partition coefficient (Wildman–Crippen LogP) is -0.190. The molecule has 0 saturated carbocycles. The molecule has 3 rings (SSSR count). The fourth-order valence-corrected chi connectivity index (χ4v) is 4.06. The molecular weight excluding hydrogens is 308 g/mol. The van der Waals surface area contributed by atoms with Crippen molar-refractivity contribution in [1.29, 1.82) is 0 Å². The summed E-state index contributed by atoms with van der Waals surface area (Å²) < 4.78 is 0. The van der Waals surface area contributed by atoms with Crippen molar-refractivity contribution >= 4 is 17.7 Å². The van der Waals surface area contributed by atoms with Gasteiger partial charge in [0.15, 0.2) is 0 Å². The van der Waals surface area contributed by atoms with Gasteiger partial charge in [-0.25, -0.2) is 0 Å². The van der Waals surface area contributed by atoms with Gasteiger partial charge in [-0.3, -0.25) is 19.3 Å². The van der Waals surface area contributed by atoms with Crippen molar-refractivity contribution in [2.45, 2.75) is 51.1 Å². The van der Waals surface area contributed by atoms with Crippen LogP contribution in [0.1, 0.15) is 39.0 Å². The zero-order valence-electron chi connectivity index (χ0n) is 14.5. The molecule has 2 atom stereocenters. The third-order valence-electron chi connectivity index (χ3n) is 5.31. The van der Waals surface area contributed by atoms with Gasteiger partial charge < -0.3 is 15.1 Å². The third kappa shape index (κ3) is 3.88. The van der Waals surface area contributed by atoms with Crippen LogP contribution in [0.2, 0.25) is 0 Å². The third-order valence-corrected chi connectivity index (χ3v) is 5.31. The molecule has 7 nitrogen and oxygen atoms in total. The normalized spacial score (nSPS) is 26.2. The van der Waals surface area contributed by atoms with Crippen LogP contribution >= 0.6 is 0 Å². The summed E-state index contributed by atoms with van der Waals surface area (Å²) in [5, 5.41) is 2.80. The summed E-state index contributed by atoms with van der Waals surface area (Å²) in [4.78, 5) is 42.4. The van der Waals surface area contributed by atoms with Crippen molar-refractivity contribution in [3.05, 3.63) is 0 Å². The standard InChI is InChI=1S/C17H28N4O3/c1-13(17(24)20-7-3-2-4-8-20)18-15(22)11-19-10-14-6-5-9-21(14)16(23)12-19/h13-14H,2-12H2,1H3,(H,18,22). The summed E-state index contributed by atoms with van der Waals surface area (Å²) in [7, 11) is 0. The Labute approximate surface area is 143 Å². The van der Waals surface area contributed by atoms with E-state index >= 15 is 0 Å². The van der Waals surface area contributed by atoms with Gasteiger partial charge in [0.05, 0.1) is 13.1 Å². The topological polar surface area (TPSA) is 73.0 Å². The highest BCUT2D eigenvalue weighted by Crippen LogP contribution is 2.22. The first-order valence-electron chi connectivity index (χ1n) is 9.14. The van der Waals surface area contributed by atoms with Gasteiger partial charge in [0.2, 0.25) is 17.7 Å². The van der Waals surface area contributed by atoms with Crippen molar-refractivity contribution in [3.8, 4) is 0 Å². The molecule has 3 fully saturated rings. The molecule has 0 spiro atoms. The van der Waals surface area contributed by atoms with Crippen molar-refractivity contribution in [1.82, 2.24) is 20.0 Å². The second-order valence-corrected chi connectivity index (χ2v) is 7.23. The Kier molecular flexibility index (Phi) is 5.38. The van der Waals surface area contributed by atoms with Crippen molar-refractivity contribution < 1.29 is 14.4 Å². The highest BCUT2D eigenvalue weighted by molar-refractivity contribution is 5.88. The van der Waals surface area contributed by atoms with E-state index < -0.39 is 6.04 Å². The van der Waals surface area contributed by atoms with E-state index in [4.69, 9.17) is 0 Å². The Hall–Kier alpha value is -1.63. The summed E-state index contributed by atoms with van der Waals surface area (Å²) in [6.07, 6.45) is 5.33. The van der Waals surface area contributed by atoms with E-state index in [1.807, 2.05) is 14.7 Å². The Morgan fingerprint density at radius 2 is 1.92 bits per heavy atom. The number of nitrogens with zero attached hydrogens (tertiary/aromatic N) is 3.